The van der Waals surface area contributed by atoms with E-state index in [4.69, 9.17) is 0 Å². The van der Waals surface area contributed by atoms with Gasteiger partial charge in [-0.3, -0.25) is 4.90 Å². The Hall–Kier alpha value is -0.0800. The van der Waals surface area contributed by atoms with Gasteiger partial charge in [-0.15, -0.1) is 0 Å². The molecule has 0 aromatic heterocycles. The van der Waals surface area contributed by atoms with Gasteiger partial charge in [0.05, 0.1) is 5.60 Å². The van der Waals surface area contributed by atoms with Gasteiger partial charge in [-0.05, 0) is 52.0 Å². The Morgan fingerprint density at radius 1 is 1.21 bits per heavy atom. The fourth-order valence-corrected chi connectivity index (χ4v) is 3.25. The largest absolute Gasteiger partial charge is 0.389 e. The van der Waals surface area contributed by atoms with Crippen molar-refractivity contribution in [2.24, 2.45) is 5.92 Å². The fraction of sp³-hybridized carbons (Fsp3) is 1.00. The molecule has 1 aliphatic heterocycles. The second-order valence-corrected chi connectivity index (χ2v) is 5.68. The predicted octanol–water partition coefficient (Wildman–Crippen LogP) is 2.02. The normalized spacial score (nSPS) is 34.5. The average Bonchev–Trinajstić information content (AvgIpc) is 2.49. The van der Waals surface area contributed by atoms with Crippen LogP contribution in [0.4, 0.5) is 0 Å². The van der Waals surface area contributed by atoms with E-state index in [1.165, 1.54) is 38.6 Å². The van der Waals surface area contributed by atoms with E-state index < -0.39 is 5.60 Å². The molecule has 2 unspecified atom stereocenters. The van der Waals surface area contributed by atoms with E-state index in [2.05, 4.69) is 4.90 Å². The molecule has 2 nitrogen and oxygen atoms in total. The predicted molar refractivity (Wildman–Crippen MR) is 58.2 cm³/mol. The van der Waals surface area contributed by atoms with Crippen LogP contribution in [0.15, 0.2) is 0 Å². The summed E-state index contributed by atoms with van der Waals surface area (Å²) in [6.07, 6.45) is 6.94. The number of aliphatic hydroxyl groups is 1. The molecule has 1 N–H and O–H groups in total. The van der Waals surface area contributed by atoms with Gasteiger partial charge in [-0.1, -0.05) is 6.42 Å². The molecule has 0 aromatic rings. The SMILES string of the molecule is CC(C)(O)CN1CCCC2CCCC21. The summed E-state index contributed by atoms with van der Waals surface area (Å²) in [5.74, 6) is 0.936. The van der Waals surface area contributed by atoms with Crippen LogP contribution in [-0.4, -0.2) is 34.7 Å². The highest BCUT2D eigenvalue weighted by Gasteiger charge is 2.36. The van der Waals surface area contributed by atoms with Crippen LogP contribution in [0.25, 0.3) is 0 Å². The average molecular weight is 197 g/mol. The maximum atomic E-state index is 9.85. The lowest BCUT2D eigenvalue weighted by Gasteiger charge is -2.40. The van der Waals surface area contributed by atoms with Gasteiger partial charge in [0.25, 0.3) is 0 Å². The maximum Gasteiger partial charge on any atom is 0.0718 e. The molecule has 1 heterocycles. The highest BCUT2D eigenvalue weighted by molar-refractivity contribution is 4.90. The first-order valence-corrected chi connectivity index (χ1v) is 6.03. The van der Waals surface area contributed by atoms with Gasteiger partial charge >= 0.3 is 0 Å². The lowest BCUT2D eigenvalue weighted by Crippen LogP contribution is -2.48. The van der Waals surface area contributed by atoms with Gasteiger partial charge in [-0.2, -0.15) is 0 Å². The fourth-order valence-electron chi connectivity index (χ4n) is 3.25. The molecule has 1 saturated heterocycles. The van der Waals surface area contributed by atoms with Crippen molar-refractivity contribution in [3.63, 3.8) is 0 Å². The molecule has 0 aromatic carbocycles. The van der Waals surface area contributed by atoms with E-state index in [1.807, 2.05) is 13.8 Å². The molecule has 2 rings (SSSR count). The molecule has 0 bridgehead atoms. The summed E-state index contributed by atoms with van der Waals surface area (Å²) in [5.41, 5.74) is -0.523. The third kappa shape index (κ3) is 2.29. The van der Waals surface area contributed by atoms with Crippen molar-refractivity contribution in [1.82, 2.24) is 4.90 Å². The van der Waals surface area contributed by atoms with Gasteiger partial charge in [0.15, 0.2) is 0 Å². The zero-order valence-corrected chi connectivity index (χ0v) is 9.50. The van der Waals surface area contributed by atoms with Crippen molar-refractivity contribution in [2.75, 3.05) is 13.1 Å². The second-order valence-electron chi connectivity index (χ2n) is 5.68. The first-order valence-electron chi connectivity index (χ1n) is 6.03. The molecule has 2 aliphatic rings. The number of fused-ring (bicyclic) bond motifs is 1. The van der Waals surface area contributed by atoms with E-state index in [0.717, 1.165) is 18.5 Å². The molecular weight excluding hydrogens is 174 g/mol. The van der Waals surface area contributed by atoms with E-state index in [-0.39, 0.29) is 0 Å². The third-order valence-electron chi connectivity index (χ3n) is 3.70. The Balaban J connectivity index is 1.97. The Labute approximate surface area is 87.3 Å². The summed E-state index contributed by atoms with van der Waals surface area (Å²) in [7, 11) is 0. The molecule has 2 fully saturated rings. The van der Waals surface area contributed by atoms with Crippen LogP contribution < -0.4 is 0 Å². The summed E-state index contributed by atoms with van der Waals surface area (Å²) < 4.78 is 0. The van der Waals surface area contributed by atoms with Gasteiger partial charge in [0.1, 0.15) is 0 Å². The number of hydrogen-bond acceptors (Lipinski definition) is 2. The maximum absolute atomic E-state index is 9.85. The Kier molecular flexibility index (Phi) is 2.85. The Morgan fingerprint density at radius 3 is 2.64 bits per heavy atom. The van der Waals surface area contributed by atoms with Crippen molar-refractivity contribution in [3.05, 3.63) is 0 Å². The minimum Gasteiger partial charge on any atom is -0.389 e. The van der Waals surface area contributed by atoms with Crippen molar-refractivity contribution < 1.29 is 5.11 Å². The van der Waals surface area contributed by atoms with Crippen LogP contribution in [-0.2, 0) is 0 Å². The molecule has 82 valence electrons. The monoisotopic (exact) mass is 197 g/mol. The minimum atomic E-state index is -0.523. The highest BCUT2D eigenvalue weighted by atomic mass is 16.3. The van der Waals surface area contributed by atoms with Crippen molar-refractivity contribution >= 4 is 0 Å². The van der Waals surface area contributed by atoms with Gasteiger partial charge in [0.2, 0.25) is 0 Å². The molecule has 0 spiro atoms. The van der Waals surface area contributed by atoms with Gasteiger partial charge in [0, 0.05) is 12.6 Å². The topological polar surface area (TPSA) is 23.5 Å². The quantitative estimate of drug-likeness (QED) is 0.732. The van der Waals surface area contributed by atoms with Crippen LogP contribution in [0.2, 0.25) is 0 Å². The Morgan fingerprint density at radius 2 is 1.93 bits per heavy atom. The summed E-state index contributed by atoms with van der Waals surface area (Å²) in [6, 6.07) is 0.787. The van der Waals surface area contributed by atoms with Gasteiger partial charge in [-0.25, -0.2) is 0 Å². The summed E-state index contributed by atoms with van der Waals surface area (Å²) in [5, 5.41) is 9.85. The molecular formula is C12H23NO. The molecule has 2 atom stereocenters. The van der Waals surface area contributed by atoms with Crippen LogP contribution in [0, 0.1) is 5.92 Å². The van der Waals surface area contributed by atoms with E-state index >= 15 is 0 Å². The number of nitrogens with zero attached hydrogens (tertiary/aromatic N) is 1. The lowest BCUT2D eigenvalue weighted by molar-refractivity contribution is 0.000878. The second kappa shape index (κ2) is 3.82. The van der Waals surface area contributed by atoms with E-state index in [0.29, 0.717) is 0 Å². The minimum absolute atomic E-state index is 0.523. The number of piperidine rings is 1. The standard InChI is InChI=1S/C12H23NO/c1-12(2,14)9-13-8-4-6-10-5-3-7-11(10)13/h10-11,14H,3-9H2,1-2H3. The third-order valence-corrected chi connectivity index (χ3v) is 3.70. The molecule has 0 radical (unpaired) electrons. The molecule has 1 saturated carbocycles. The number of rotatable bonds is 2. The summed E-state index contributed by atoms with van der Waals surface area (Å²) >= 11 is 0. The first kappa shape index (κ1) is 10.4. The Bertz CT molecular complexity index is 197. The molecule has 14 heavy (non-hydrogen) atoms. The zero-order chi connectivity index (χ0) is 10.2. The first-order chi connectivity index (χ1) is 6.56. The summed E-state index contributed by atoms with van der Waals surface area (Å²) in [6.45, 7) is 5.90. The van der Waals surface area contributed by atoms with Crippen molar-refractivity contribution in [2.45, 2.75) is 57.6 Å². The molecule has 0 amide bonds. The summed E-state index contributed by atoms with van der Waals surface area (Å²) in [4.78, 5) is 2.53. The molecule has 1 aliphatic carbocycles. The van der Waals surface area contributed by atoms with Crippen molar-refractivity contribution in [3.8, 4) is 0 Å². The number of β-amino-alcohol motifs (C(OH)–C–C–N with tert-alkyl or cyclic N) is 1. The lowest BCUT2D eigenvalue weighted by atomic mass is 9.91. The van der Waals surface area contributed by atoms with Gasteiger partial charge < -0.3 is 5.11 Å². The van der Waals surface area contributed by atoms with Crippen LogP contribution in [0.1, 0.15) is 46.0 Å². The van der Waals surface area contributed by atoms with Crippen LogP contribution in [0.3, 0.4) is 0 Å². The van der Waals surface area contributed by atoms with E-state index in [1.54, 1.807) is 0 Å². The highest BCUT2D eigenvalue weighted by Crippen LogP contribution is 2.37. The van der Waals surface area contributed by atoms with E-state index in [9.17, 15) is 5.11 Å². The number of likely N-dealkylation sites (tertiary alicyclic amines) is 1. The van der Waals surface area contributed by atoms with Crippen LogP contribution >= 0.6 is 0 Å². The molecule has 2 heteroatoms. The van der Waals surface area contributed by atoms with Crippen molar-refractivity contribution in [1.29, 1.82) is 0 Å². The zero-order valence-electron chi connectivity index (χ0n) is 9.50. The smallest absolute Gasteiger partial charge is 0.0718 e. The van der Waals surface area contributed by atoms with Crippen LogP contribution in [0.5, 0.6) is 0 Å². The number of hydrogen-bond donors (Lipinski definition) is 1.